The number of carbonyl (C=O) groups is 1. The molecule has 2 saturated heterocycles. The van der Waals surface area contributed by atoms with Crippen LogP contribution in [0.3, 0.4) is 0 Å². The minimum Gasteiger partial charge on any atom is -0.497 e. The summed E-state index contributed by atoms with van der Waals surface area (Å²) in [6.07, 6.45) is 3.88. The highest BCUT2D eigenvalue weighted by molar-refractivity contribution is 5.92. The molecule has 156 valence electrons. The van der Waals surface area contributed by atoms with Gasteiger partial charge in [0.05, 0.1) is 14.2 Å². The van der Waals surface area contributed by atoms with Crippen LogP contribution in [-0.2, 0) is 26.1 Å². The largest absolute Gasteiger partial charge is 0.497 e. The summed E-state index contributed by atoms with van der Waals surface area (Å²) >= 11 is 0. The number of hydrogen-bond donors (Lipinski definition) is 1. The molecule has 0 amide bonds. The van der Waals surface area contributed by atoms with Crippen LogP contribution in [0.5, 0.6) is 5.75 Å². The highest BCUT2D eigenvalue weighted by Crippen LogP contribution is 2.57. The third kappa shape index (κ3) is 2.39. The monoisotopic (exact) mass is 398 g/mol. The van der Waals surface area contributed by atoms with Crippen molar-refractivity contribution >= 4 is 16.9 Å². The van der Waals surface area contributed by atoms with Crippen molar-refractivity contribution in [3.05, 3.63) is 29.5 Å². The molecule has 6 atom stereocenters. The first-order valence-corrected chi connectivity index (χ1v) is 10.6. The summed E-state index contributed by atoms with van der Waals surface area (Å²) < 4.78 is 16.9. The van der Waals surface area contributed by atoms with Gasteiger partial charge in [-0.05, 0) is 48.9 Å². The second-order valence-corrected chi connectivity index (χ2v) is 8.78. The zero-order valence-corrected chi connectivity index (χ0v) is 17.7. The summed E-state index contributed by atoms with van der Waals surface area (Å²) in [6, 6.07) is 6.20. The van der Waals surface area contributed by atoms with Crippen molar-refractivity contribution in [2.24, 2.45) is 11.8 Å². The van der Waals surface area contributed by atoms with Crippen LogP contribution in [0.1, 0.15) is 37.4 Å². The Morgan fingerprint density at radius 2 is 2.14 bits per heavy atom. The average molecular weight is 399 g/mol. The van der Waals surface area contributed by atoms with E-state index in [0.29, 0.717) is 11.8 Å². The van der Waals surface area contributed by atoms with Crippen molar-refractivity contribution in [2.75, 3.05) is 27.9 Å². The predicted octanol–water partition coefficient (Wildman–Crippen LogP) is 3.24. The number of benzene rings is 1. The van der Waals surface area contributed by atoms with Gasteiger partial charge in [0.25, 0.3) is 0 Å². The fourth-order valence-corrected chi connectivity index (χ4v) is 6.70. The van der Waals surface area contributed by atoms with Crippen molar-refractivity contribution in [1.29, 1.82) is 0 Å². The molecular weight excluding hydrogens is 368 g/mol. The zero-order chi connectivity index (χ0) is 20.3. The van der Waals surface area contributed by atoms with Crippen molar-refractivity contribution in [2.45, 2.75) is 50.3 Å². The summed E-state index contributed by atoms with van der Waals surface area (Å²) in [4.78, 5) is 19.6. The minimum atomic E-state index is -0.675. The maximum Gasteiger partial charge on any atom is 0.319 e. The molecule has 3 aliphatic heterocycles. The molecule has 1 saturated carbocycles. The molecule has 6 rings (SSSR count). The molecule has 1 aliphatic carbocycles. The molecule has 1 unspecified atom stereocenters. The van der Waals surface area contributed by atoms with Gasteiger partial charge in [0.15, 0.2) is 0 Å². The van der Waals surface area contributed by atoms with Gasteiger partial charge in [-0.3, -0.25) is 9.69 Å². The molecule has 0 radical (unpaired) electrons. The molecular formula is C23H30N2O4. The molecule has 4 aliphatic rings. The Bertz CT molecular complexity index is 954. The SMILES string of the molecule is CC[C@H]1C[C@@H]2C[C@@]3(C(=O)OC)c4[nH]c5ccc(OC)cc5c4CCN([C@@H]2OC)[C@@H]13. The number of rotatable bonds is 4. The Labute approximate surface area is 171 Å². The Hall–Kier alpha value is -2.05. The van der Waals surface area contributed by atoms with Gasteiger partial charge < -0.3 is 19.2 Å². The second kappa shape index (κ2) is 6.74. The van der Waals surface area contributed by atoms with Crippen LogP contribution >= 0.6 is 0 Å². The summed E-state index contributed by atoms with van der Waals surface area (Å²) in [5, 5.41) is 1.15. The lowest BCUT2D eigenvalue weighted by atomic mass is 9.55. The maximum absolute atomic E-state index is 13.5. The fourth-order valence-electron chi connectivity index (χ4n) is 6.70. The Kier molecular flexibility index (Phi) is 4.40. The summed E-state index contributed by atoms with van der Waals surface area (Å²) in [5.41, 5.74) is 2.66. The van der Waals surface area contributed by atoms with Crippen molar-refractivity contribution in [3.8, 4) is 5.75 Å². The third-order valence-corrected chi connectivity index (χ3v) is 7.72. The normalized spacial score (nSPS) is 35.2. The fraction of sp³-hybridized carbons (Fsp3) is 0.609. The summed E-state index contributed by atoms with van der Waals surface area (Å²) in [7, 11) is 5.01. The van der Waals surface area contributed by atoms with E-state index in [1.807, 2.05) is 6.07 Å². The minimum absolute atomic E-state index is 0.0744. The van der Waals surface area contributed by atoms with Crippen LogP contribution in [0.4, 0.5) is 0 Å². The molecule has 3 fully saturated rings. The van der Waals surface area contributed by atoms with Crippen LogP contribution in [-0.4, -0.2) is 56.0 Å². The maximum atomic E-state index is 13.5. The van der Waals surface area contributed by atoms with Gasteiger partial charge in [0, 0.05) is 42.2 Å². The number of methoxy groups -OCH3 is 3. The van der Waals surface area contributed by atoms with Crippen LogP contribution in [0.25, 0.3) is 10.9 Å². The van der Waals surface area contributed by atoms with Crippen LogP contribution < -0.4 is 4.74 Å². The van der Waals surface area contributed by atoms with Gasteiger partial charge in [-0.15, -0.1) is 0 Å². The number of ether oxygens (including phenoxy) is 3. The molecule has 4 heterocycles. The number of esters is 1. The number of aromatic nitrogens is 1. The van der Waals surface area contributed by atoms with E-state index in [4.69, 9.17) is 14.2 Å². The highest BCUT2D eigenvalue weighted by Gasteiger charge is 2.65. The lowest BCUT2D eigenvalue weighted by Gasteiger charge is -2.60. The molecule has 6 nitrogen and oxygen atoms in total. The molecule has 29 heavy (non-hydrogen) atoms. The predicted molar refractivity (Wildman–Crippen MR) is 110 cm³/mol. The molecule has 1 N–H and O–H groups in total. The number of carbonyl (C=O) groups excluding carboxylic acids is 1. The standard InChI is InChI=1S/C23H30N2O4/c1-5-13-10-14-12-23(22(26)29-4)19-16(8-9-25(20(13)23)21(14)28-3)17-11-15(27-2)6-7-18(17)24-19/h6-7,11,13-14,20-21,24H,5,8-10,12H2,1-4H3/t13-,14+,20-,21+,23+/m0/s1. The zero-order valence-electron chi connectivity index (χ0n) is 17.7. The summed E-state index contributed by atoms with van der Waals surface area (Å²) in [6.45, 7) is 3.12. The Morgan fingerprint density at radius 1 is 1.31 bits per heavy atom. The first-order valence-electron chi connectivity index (χ1n) is 10.6. The number of aromatic amines is 1. The number of hydrogen-bond acceptors (Lipinski definition) is 5. The topological polar surface area (TPSA) is 63.8 Å². The van der Waals surface area contributed by atoms with Gasteiger partial charge in [0.1, 0.15) is 17.4 Å². The average Bonchev–Trinajstić information content (AvgIpc) is 3.08. The number of H-pyrrole nitrogens is 1. The van der Waals surface area contributed by atoms with Gasteiger partial charge in [0.2, 0.25) is 0 Å². The smallest absolute Gasteiger partial charge is 0.319 e. The molecule has 4 bridgehead atoms. The molecule has 2 aromatic rings. The van der Waals surface area contributed by atoms with E-state index in [9.17, 15) is 4.79 Å². The van der Waals surface area contributed by atoms with E-state index in [0.717, 1.165) is 54.6 Å². The van der Waals surface area contributed by atoms with Crippen LogP contribution in [0, 0.1) is 11.8 Å². The summed E-state index contributed by atoms with van der Waals surface area (Å²) in [5.74, 6) is 1.49. The first kappa shape index (κ1) is 18.9. The van der Waals surface area contributed by atoms with E-state index in [1.165, 1.54) is 12.7 Å². The number of piperidine rings is 2. The van der Waals surface area contributed by atoms with Gasteiger partial charge in [-0.25, -0.2) is 0 Å². The number of nitrogens with one attached hydrogen (secondary N) is 1. The van der Waals surface area contributed by atoms with Crippen LogP contribution in [0.15, 0.2) is 18.2 Å². The Morgan fingerprint density at radius 3 is 2.83 bits per heavy atom. The molecule has 1 aromatic heterocycles. The Balaban J connectivity index is 1.78. The van der Waals surface area contributed by atoms with Crippen LogP contribution in [0.2, 0.25) is 0 Å². The van der Waals surface area contributed by atoms with E-state index < -0.39 is 5.41 Å². The number of nitrogens with zero attached hydrogens (tertiary/aromatic N) is 1. The van der Waals surface area contributed by atoms with Gasteiger partial charge in [-0.2, -0.15) is 0 Å². The lowest BCUT2D eigenvalue weighted by Crippen LogP contribution is -2.71. The first-order chi connectivity index (χ1) is 14.1. The quantitative estimate of drug-likeness (QED) is 0.801. The van der Waals surface area contributed by atoms with E-state index in [-0.39, 0.29) is 18.2 Å². The van der Waals surface area contributed by atoms with E-state index >= 15 is 0 Å². The lowest BCUT2D eigenvalue weighted by molar-refractivity contribution is -0.205. The second-order valence-electron chi connectivity index (χ2n) is 8.78. The van der Waals surface area contributed by atoms with Crippen molar-refractivity contribution in [3.63, 3.8) is 0 Å². The highest BCUT2D eigenvalue weighted by atomic mass is 16.5. The van der Waals surface area contributed by atoms with Crippen molar-refractivity contribution in [1.82, 2.24) is 9.88 Å². The van der Waals surface area contributed by atoms with E-state index in [2.05, 4.69) is 28.9 Å². The van der Waals surface area contributed by atoms with Gasteiger partial charge in [-0.1, -0.05) is 13.3 Å². The third-order valence-electron chi connectivity index (χ3n) is 7.72. The van der Waals surface area contributed by atoms with Crippen molar-refractivity contribution < 1.29 is 19.0 Å². The van der Waals surface area contributed by atoms with Gasteiger partial charge >= 0.3 is 5.97 Å². The number of fused-ring (bicyclic) bond motifs is 4. The molecule has 1 aromatic carbocycles. The molecule has 0 spiro atoms. The van der Waals surface area contributed by atoms with E-state index in [1.54, 1.807) is 14.2 Å². The molecule has 6 heteroatoms.